The van der Waals surface area contributed by atoms with Crippen LogP contribution in [0.3, 0.4) is 0 Å². The number of carbonyl (C=O) groups is 1. The van der Waals surface area contributed by atoms with Gasteiger partial charge in [-0.2, -0.15) is 18.4 Å². The van der Waals surface area contributed by atoms with Crippen molar-refractivity contribution < 1.29 is 18.0 Å². The third-order valence-electron chi connectivity index (χ3n) is 1.93. The predicted molar refractivity (Wildman–Crippen MR) is 48.3 cm³/mol. The number of halogens is 3. The molecular weight excluding hydrogens is 221 g/mol. The van der Waals surface area contributed by atoms with E-state index in [0.717, 1.165) is 18.3 Å². The van der Waals surface area contributed by atoms with Crippen LogP contribution in [0.1, 0.15) is 23.0 Å². The number of hydrogen-bond acceptors (Lipinski definition) is 3. The van der Waals surface area contributed by atoms with Gasteiger partial charge >= 0.3 is 6.18 Å². The van der Waals surface area contributed by atoms with Crippen LogP contribution in [0.15, 0.2) is 18.3 Å². The second-order valence-corrected chi connectivity index (χ2v) is 3.14. The summed E-state index contributed by atoms with van der Waals surface area (Å²) in [5.74, 6) is -1.43. The number of Topliss-reactive ketones (excluding diaryl/α,β-unsaturated/α-hetero) is 1. The minimum atomic E-state index is -4.53. The fourth-order valence-corrected chi connectivity index (χ4v) is 1.02. The Hall–Kier alpha value is -1.90. The Morgan fingerprint density at radius 1 is 1.50 bits per heavy atom. The maximum absolute atomic E-state index is 12.1. The van der Waals surface area contributed by atoms with Gasteiger partial charge in [-0.15, -0.1) is 0 Å². The topological polar surface area (TPSA) is 53.8 Å². The summed E-state index contributed by atoms with van der Waals surface area (Å²) in [5.41, 5.74) is -1.06. The molecule has 0 aliphatic rings. The van der Waals surface area contributed by atoms with Crippen molar-refractivity contribution >= 4 is 5.78 Å². The highest BCUT2D eigenvalue weighted by Gasteiger charge is 2.32. The molecule has 0 bridgehead atoms. The molecule has 1 atom stereocenters. The van der Waals surface area contributed by atoms with Gasteiger partial charge in [-0.3, -0.25) is 9.78 Å². The average Bonchev–Trinajstić information content (AvgIpc) is 2.26. The van der Waals surface area contributed by atoms with Crippen molar-refractivity contribution in [2.75, 3.05) is 0 Å². The number of nitrogens with zero attached hydrogens (tertiary/aromatic N) is 2. The van der Waals surface area contributed by atoms with Gasteiger partial charge in [0.1, 0.15) is 11.6 Å². The standard InChI is InChI=1S/C10H7F3N2O/c1-6(4-14)9(16)7-2-3-8(15-5-7)10(11,12)13/h2-3,5-6H,1H3. The molecule has 16 heavy (non-hydrogen) atoms. The van der Waals surface area contributed by atoms with Crippen molar-refractivity contribution in [3.63, 3.8) is 0 Å². The molecule has 84 valence electrons. The Morgan fingerprint density at radius 2 is 2.12 bits per heavy atom. The second-order valence-electron chi connectivity index (χ2n) is 3.14. The maximum Gasteiger partial charge on any atom is 0.433 e. The molecule has 0 fully saturated rings. The van der Waals surface area contributed by atoms with E-state index in [2.05, 4.69) is 4.98 Å². The van der Waals surface area contributed by atoms with Gasteiger partial charge in [0.05, 0.1) is 6.07 Å². The van der Waals surface area contributed by atoms with Gasteiger partial charge in [0.25, 0.3) is 0 Å². The Bertz CT molecular complexity index is 431. The van der Waals surface area contributed by atoms with E-state index in [4.69, 9.17) is 5.26 Å². The minimum Gasteiger partial charge on any atom is -0.293 e. The van der Waals surface area contributed by atoms with Crippen molar-refractivity contribution in [2.45, 2.75) is 13.1 Å². The molecule has 0 amide bonds. The number of pyridine rings is 1. The largest absolute Gasteiger partial charge is 0.433 e. The van der Waals surface area contributed by atoms with Gasteiger partial charge in [0.2, 0.25) is 0 Å². The molecule has 6 heteroatoms. The minimum absolute atomic E-state index is 0.00190. The first-order valence-electron chi connectivity index (χ1n) is 4.33. The third kappa shape index (κ3) is 2.57. The van der Waals surface area contributed by atoms with E-state index < -0.39 is 23.6 Å². The van der Waals surface area contributed by atoms with Gasteiger partial charge in [0.15, 0.2) is 5.78 Å². The third-order valence-corrected chi connectivity index (χ3v) is 1.93. The fraction of sp³-hybridized carbons (Fsp3) is 0.300. The summed E-state index contributed by atoms with van der Waals surface area (Å²) in [4.78, 5) is 14.5. The molecule has 0 aliphatic heterocycles. The first-order valence-corrected chi connectivity index (χ1v) is 4.33. The van der Waals surface area contributed by atoms with E-state index in [1.54, 1.807) is 6.07 Å². The molecule has 1 rings (SSSR count). The summed E-state index contributed by atoms with van der Waals surface area (Å²) in [6, 6.07) is 3.45. The van der Waals surface area contributed by atoms with E-state index in [0.29, 0.717) is 0 Å². The molecule has 1 heterocycles. The lowest BCUT2D eigenvalue weighted by Crippen LogP contribution is -2.12. The Morgan fingerprint density at radius 3 is 2.50 bits per heavy atom. The maximum atomic E-state index is 12.1. The van der Waals surface area contributed by atoms with Crippen LogP contribution >= 0.6 is 0 Å². The summed E-state index contributed by atoms with van der Waals surface area (Å²) in [6.07, 6.45) is -3.69. The van der Waals surface area contributed by atoms with E-state index in [1.165, 1.54) is 6.92 Å². The van der Waals surface area contributed by atoms with Crippen LogP contribution in [-0.2, 0) is 6.18 Å². The molecule has 1 aromatic heterocycles. The van der Waals surface area contributed by atoms with Crippen molar-refractivity contribution in [1.82, 2.24) is 4.98 Å². The van der Waals surface area contributed by atoms with E-state index in [9.17, 15) is 18.0 Å². The van der Waals surface area contributed by atoms with Crippen LogP contribution in [0.2, 0.25) is 0 Å². The zero-order valence-corrected chi connectivity index (χ0v) is 8.25. The van der Waals surface area contributed by atoms with Crippen molar-refractivity contribution in [3.8, 4) is 6.07 Å². The normalized spacial score (nSPS) is 12.9. The van der Waals surface area contributed by atoms with Gasteiger partial charge < -0.3 is 0 Å². The monoisotopic (exact) mass is 228 g/mol. The van der Waals surface area contributed by atoms with E-state index in [-0.39, 0.29) is 5.56 Å². The summed E-state index contributed by atoms with van der Waals surface area (Å²) in [6.45, 7) is 1.38. The number of nitriles is 1. The lowest BCUT2D eigenvalue weighted by atomic mass is 10.0. The average molecular weight is 228 g/mol. The van der Waals surface area contributed by atoms with Gasteiger partial charge in [-0.25, -0.2) is 0 Å². The molecule has 1 aromatic rings. The lowest BCUT2D eigenvalue weighted by molar-refractivity contribution is -0.141. The highest BCUT2D eigenvalue weighted by molar-refractivity contribution is 5.98. The molecule has 0 radical (unpaired) electrons. The number of alkyl halides is 3. The Balaban J connectivity index is 2.97. The molecule has 0 saturated heterocycles. The van der Waals surface area contributed by atoms with Gasteiger partial charge in [0, 0.05) is 11.8 Å². The van der Waals surface area contributed by atoms with Crippen molar-refractivity contribution in [3.05, 3.63) is 29.6 Å². The highest BCUT2D eigenvalue weighted by atomic mass is 19.4. The summed E-state index contributed by atoms with van der Waals surface area (Å²) in [5, 5.41) is 8.48. The molecule has 0 aliphatic carbocycles. The summed E-state index contributed by atoms with van der Waals surface area (Å²) in [7, 11) is 0. The number of ketones is 1. The quantitative estimate of drug-likeness (QED) is 0.730. The molecule has 0 spiro atoms. The lowest BCUT2D eigenvalue weighted by Gasteiger charge is -2.06. The smallest absolute Gasteiger partial charge is 0.293 e. The molecule has 1 unspecified atom stereocenters. The zero-order chi connectivity index (χ0) is 12.3. The van der Waals surface area contributed by atoms with Crippen molar-refractivity contribution in [1.29, 1.82) is 5.26 Å². The van der Waals surface area contributed by atoms with Crippen LogP contribution in [0.25, 0.3) is 0 Å². The predicted octanol–water partition coefficient (Wildman–Crippen LogP) is 2.44. The number of aromatic nitrogens is 1. The highest BCUT2D eigenvalue weighted by Crippen LogP contribution is 2.27. The Labute approximate surface area is 89.5 Å². The van der Waals surface area contributed by atoms with Crippen LogP contribution in [-0.4, -0.2) is 10.8 Å². The first-order chi connectivity index (χ1) is 7.36. The van der Waals surface area contributed by atoms with Crippen LogP contribution in [0, 0.1) is 17.2 Å². The van der Waals surface area contributed by atoms with Crippen LogP contribution in [0.5, 0.6) is 0 Å². The number of carbonyl (C=O) groups excluding carboxylic acids is 1. The fourth-order valence-electron chi connectivity index (χ4n) is 1.02. The van der Waals surface area contributed by atoms with Crippen LogP contribution < -0.4 is 0 Å². The van der Waals surface area contributed by atoms with E-state index in [1.807, 2.05) is 0 Å². The molecule has 3 nitrogen and oxygen atoms in total. The molecule has 0 N–H and O–H groups in total. The number of hydrogen-bond donors (Lipinski definition) is 0. The zero-order valence-electron chi connectivity index (χ0n) is 8.25. The summed E-state index contributed by atoms with van der Waals surface area (Å²) >= 11 is 0. The van der Waals surface area contributed by atoms with Crippen LogP contribution in [0.4, 0.5) is 13.2 Å². The summed E-state index contributed by atoms with van der Waals surface area (Å²) < 4.78 is 36.4. The molecule has 0 saturated carbocycles. The van der Waals surface area contributed by atoms with Crippen molar-refractivity contribution in [2.24, 2.45) is 5.92 Å². The Kier molecular flexibility index (Phi) is 3.28. The molecular formula is C10H7F3N2O. The van der Waals surface area contributed by atoms with E-state index >= 15 is 0 Å². The second kappa shape index (κ2) is 4.31. The molecule has 0 aromatic carbocycles. The first kappa shape index (κ1) is 12.2. The SMILES string of the molecule is CC(C#N)C(=O)c1ccc(C(F)(F)F)nc1. The van der Waals surface area contributed by atoms with Gasteiger partial charge in [-0.05, 0) is 19.1 Å². The van der Waals surface area contributed by atoms with Gasteiger partial charge in [-0.1, -0.05) is 0 Å². The number of rotatable bonds is 2.